The van der Waals surface area contributed by atoms with Gasteiger partial charge >= 0.3 is 0 Å². The molecule has 2 aromatic rings. The minimum Gasteiger partial charge on any atom is -0.372 e. The van der Waals surface area contributed by atoms with Crippen LogP contribution < -0.4 is 4.90 Å². The summed E-state index contributed by atoms with van der Waals surface area (Å²) in [7, 11) is 0. The van der Waals surface area contributed by atoms with Crippen LogP contribution in [-0.2, 0) is 0 Å². The summed E-state index contributed by atoms with van der Waals surface area (Å²) in [5.41, 5.74) is 4.03. The topological polar surface area (TPSA) is 20.3 Å². The van der Waals surface area contributed by atoms with Crippen molar-refractivity contribution >= 4 is 24.1 Å². The molecule has 0 aromatic heterocycles. The third-order valence-corrected chi connectivity index (χ3v) is 3.60. The van der Waals surface area contributed by atoms with E-state index >= 15 is 0 Å². The molecule has 0 saturated heterocycles. The van der Waals surface area contributed by atoms with Crippen molar-refractivity contribution in [3.63, 3.8) is 0 Å². The third kappa shape index (κ3) is 3.82. The Hall–Kier alpha value is -2.35. The molecule has 0 atom stereocenters. The summed E-state index contributed by atoms with van der Waals surface area (Å²) in [6, 6.07) is 16.1. The molecular weight excluding hydrogens is 258 g/mol. The molecule has 2 rings (SSSR count). The average Bonchev–Trinajstić information content (AvgIpc) is 2.55. The molecule has 0 bridgehead atoms. The zero-order valence-electron chi connectivity index (χ0n) is 12.6. The summed E-state index contributed by atoms with van der Waals surface area (Å²) in [4.78, 5) is 13.3. The molecule has 0 unspecified atom stereocenters. The van der Waals surface area contributed by atoms with Gasteiger partial charge in [0.2, 0.25) is 0 Å². The third-order valence-electron chi connectivity index (χ3n) is 3.60. The number of nitrogens with zero attached hydrogens (tertiary/aromatic N) is 1. The van der Waals surface area contributed by atoms with Gasteiger partial charge in [-0.2, -0.15) is 0 Å². The highest BCUT2D eigenvalue weighted by molar-refractivity contribution is 5.84. The Labute approximate surface area is 126 Å². The van der Waals surface area contributed by atoms with Crippen LogP contribution in [0.1, 0.15) is 35.3 Å². The number of anilines is 1. The maximum atomic E-state index is 11.0. The summed E-state index contributed by atoms with van der Waals surface area (Å²) < 4.78 is 0. The molecule has 0 aliphatic heterocycles. The Bertz CT molecular complexity index is 610. The maximum absolute atomic E-state index is 11.0. The summed E-state index contributed by atoms with van der Waals surface area (Å²) in [6.07, 6.45) is 4.91. The van der Waals surface area contributed by atoms with Crippen LogP contribution in [0.15, 0.2) is 48.5 Å². The van der Waals surface area contributed by atoms with Gasteiger partial charge in [-0.1, -0.05) is 48.6 Å². The van der Waals surface area contributed by atoms with Crippen molar-refractivity contribution < 1.29 is 4.79 Å². The summed E-state index contributed by atoms with van der Waals surface area (Å²) in [5.74, 6) is 0. The van der Waals surface area contributed by atoms with Crippen LogP contribution in [0, 0.1) is 0 Å². The molecule has 0 aliphatic carbocycles. The SMILES string of the molecule is CCN(CC)c1ccc(C=Cc2ccccc2C=O)cc1. The molecule has 0 saturated carbocycles. The fourth-order valence-corrected chi connectivity index (χ4v) is 2.34. The largest absolute Gasteiger partial charge is 0.372 e. The lowest BCUT2D eigenvalue weighted by molar-refractivity contribution is 0.112. The number of hydrogen-bond donors (Lipinski definition) is 0. The monoisotopic (exact) mass is 279 g/mol. The molecule has 2 nitrogen and oxygen atoms in total. The summed E-state index contributed by atoms with van der Waals surface area (Å²) >= 11 is 0. The van der Waals surface area contributed by atoms with Crippen LogP contribution in [-0.4, -0.2) is 19.4 Å². The van der Waals surface area contributed by atoms with E-state index in [-0.39, 0.29) is 0 Å². The van der Waals surface area contributed by atoms with Crippen molar-refractivity contribution in [1.82, 2.24) is 0 Å². The molecule has 108 valence electrons. The first-order chi connectivity index (χ1) is 10.3. The molecule has 0 fully saturated rings. The second kappa shape index (κ2) is 7.44. The van der Waals surface area contributed by atoms with E-state index < -0.39 is 0 Å². The van der Waals surface area contributed by atoms with Crippen molar-refractivity contribution in [3.05, 3.63) is 65.2 Å². The van der Waals surface area contributed by atoms with E-state index in [1.54, 1.807) is 0 Å². The lowest BCUT2D eigenvalue weighted by atomic mass is 10.1. The standard InChI is InChI=1S/C19H21NO/c1-3-20(4-2)19-13-10-16(11-14-19)9-12-17-7-5-6-8-18(17)15-21/h5-15H,3-4H2,1-2H3. The van der Waals surface area contributed by atoms with Gasteiger partial charge in [0.15, 0.2) is 6.29 Å². The van der Waals surface area contributed by atoms with E-state index in [0.717, 1.165) is 30.5 Å². The van der Waals surface area contributed by atoms with E-state index in [9.17, 15) is 4.79 Å². The second-order valence-corrected chi connectivity index (χ2v) is 4.84. The molecule has 2 aromatic carbocycles. The van der Waals surface area contributed by atoms with Crippen LogP contribution in [0.4, 0.5) is 5.69 Å². The van der Waals surface area contributed by atoms with Gasteiger partial charge in [-0.25, -0.2) is 0 Å². The Morgan fingerprint density at radius 3 is 2.05 bits per heavy atom. The molecule has 0 spiro atoms. The van der Waals surface area contributed by atoms with Crippen molar-refractivity contribution in [1.29, 1.82) is 0 Å². The highest BCUT2D eigenvalue weighted by Gasteiger charge is 2.00. The molecule has 0 heterocycles. The van der Waals surface area contributed by atoms with E-state index in [2.05, 4.69) is 43.0 Å². The van der Waals surface area contributed by atoms with Gasteiger partial charge in [-0.3, -0.25) is 4.79 Å². The first-order valence-electron chi connectivity index (χ1n) is 7.35. The van der Waals surface area contributed by atoms with Gasteiger partial charge in [0, 0.05) is 24.3 Å². The average molecular weight is 279 g/mol. The van der Waals surface area contributed by atoms with Gasteiger partial charge < -0.3 is 4.90 Å². The van der Waals surface area contributed by atoms with Crippen molar-refractivity contribution in [3.8, 4) is 0 Å². The van der Waals surface area contributed by atoms with Gasteiger partial charge in [-0.15, -0.1) is 0 Å². The first-order valence-corrected chi connectivity index (χ1v) is 7.35. The second-order valence-electron chi connectivity index (χ2n) is 4.84. The van der Waals surface area contributed by atoms with Crippen molar-refractivity contribution in [2.45, 2.75) is 13.8 Å². The minimum absolute atomic E-state index is 0.716. The van der Waals surface area contributed by atoms with Gasteiger partial charge in [0.1, 0.15) is 0 Å². The number of carbonyl (C=O) groups is 1. The normalized spacial score (nSPS) is 10.8. The minimum atomic E-state index is 0.716. The zero-order chi connectivity index (χ0) is 15.1. The number of aldehydes is 1. The Morgan fingerprint density at radius 1 is 0.857 bits per heavy atom. The van der Waals surface area contributed by atoms with Crippen molar-refractivity contribution in [2.75, 3.05) is 18.0 Å². The molecule has 0 aliphatic rings. The molecule has 0 amide bonds. The van der Waals surface area contributed by atoms with Crippen molar-refractivity contribution in [2.24, 2.45) is 0 Å². The van der Waals surface area contributed by atoms with E-state index in [1.807, 2.05) is 36.4 Å². The quantitative estimate of drug-likeness (QED) is 0.572. The fraction of sp³-hybridized carbons (Fsp3) is 0.211. The molecule has 0 radical (unpaired) electrons. The number of rotatable bonds is 6. The molecule has 2 heteroatoms. The predicted molar refractivity (Wildman–Crippen MR) is 90.8 cm³/mol. The zero-order valence-corrected chi connectivity index (χ0v) is 12.6. The van der Waals surface area contributed by atoms with Crippen LogP contribution in [0.5, 0.6) is 0 Å². The van der Waals surface area contributed by atoms with Crippen LogP contribution in [0.3, 0.4) is 0 Å². The number of hydrogen-bond acceptors (Lipinski definition) is 2. The highest BCUT2D eigenvalue weighted by atomic mass is 16.1. The Balaban J connectivity index is 2.16. The van der Waals surface area contributed by atoms with Gasteiger partial charge in [0.05, 0.1) is 0 Å². The van der Waals surface area contributed by atoms with Gasteiger partial charge in [0.25, 0.3) is 0 Å². The van der Waals surface area contributed by atoms with E-state index in [0.29, 0.717) is 5.56 Å². The number of carbonyl (C=O) groups excluding carboxylic acids is 1. The molecular formula is C19H21NO. The summed E-state index contributed by atoms with van der Waals surface area (Å²) in [5, 5.41) is 0. The van der Waals surface area contributed by atoms with Crippen LogP contribution >= 0.6 is 0 Å². The highest BCUT2D eigenvalue weighted by Crippen LogP contribution is 2.17. The fourth-order valence-electron chi connectivity index (χ4n) is 2.34. The lowest BCUT2D eigenvalue weighted by Gasteiger charge is -2.20. The Kier molecular flexibility index (Phi) is 5.33. The smallest absolute Gasteiger partial charge is 0.150 e. The van der Waals surface area contributed by atoms with E-state index in [1.165, 1.54) is 5.69 Å². The predicted octanol–water partition coefficient (Wildman–Crippen LogP) is 4.52. The maximum Gasteiger partial charge on any atom is 0.150 e. The van der Waals surface area contributed by atoms with Gasteiger partial charge in [-0.05, 0) is 37.1 Å². The van der Waals surface area contributed by atoms with Crippen LogP contribution in [0.2, 0.25) is 0 Å². The Morgan fingerprint density at radius 2 is 1.48 bits per heavy atom. The molecule has 0 N–H and O–H groups in total. The lowest BCUT2D eigenvalue weighted by Crippen LogP contribution is -2.21. The van der Waals surface area contributed by atoms with E-state index in [4.69, 9.17) is 0 Å². The first kappa shape index (κ1) is 15.0. The summed E-state index contributed by atoms with van der Waals surface area (Å²) in [6.45, 7) is 6.35. The molecule has 21 heavy (non-hydrogen) atoms. The van der Waals surface area contributed by atoms with Crippen LogP contribution in [0.25, 0.3) is 12.2 Å². The number of benzene rings is 2.